The summed E-state index contributed by atoms with van der Waals surface area (Å²) in [6.07, 6.45) is 0. The predicted molar refractivity (Wildman–Crippen MR) is 82.7 cm³/mol. The number of nitriles is 1. The van der Waals surface area contributed by atoms with E-state index in [4.69, 9.17) is 10.00 Å². The van der Waals surface area contributed by atoms with Crippen LogP contribution in [-0.2, 0) is 0 Å². The molecule has 20 heavy (non-hydrogen) atoms. The third-order valence-corrected chi connectivity index (χ3v) is 4.16. The summed E-state index contributed by atoms with van der Waals surface area (Å²) in [6.45, 7) is 7.55. The molecule has 5 heteroatoms. The van der Waals surface area contributed by atoms with Gasteiger partial charge in [0.1, 0.15) is 12.4 Å². The first-order chi connectivity index (χ1) is 9.69. The molecule has 1 aliphatic heterocycles. The molecule has 1 heterocycles. The molecule has 108 valence electrons. The summed E-state index contributed by atoms with van der Waals surface area (Å²) < 4.78 is 6.79. The Morgan fingerprint density at radius 3 is 2.50 bits per heavy atom. The second-order valence-corrected chi connectivity index (χ2v) is 5.90. The van der Waals surface area contributed by atoms with Gasteiger partial charge in [0, 0.05) is 37.2 Å². The van der Waals surface area contributed by atoms with Crippen LogP contribution in [0.2, 0.25) is 0 Å². The van der Waals surface area contributed by atoms with E-state index in [1.807, 2.05) is 31.2 Å². The lowest BCUT2D eigenvalue weighted by molar-refractivity contribution is 0.106. The fraction of sp³-hybridized carbons (Fsp3) is 0.533. The summed E-state index contributed by atoms with van der Waals surface area (Å²) in [5.41, 5.74) is 0. The minimum atomic E-state index is 0.0242. The van der Waals surface area contributed by atoms with E-state index in [9.17, 15) is 0 Å². The Hall–Kier alpha value is -1.09. The lowest BCUT2D eigenvalue weighted by Crippen LogP contribution is -2.50. The van der Waals surface area contributed by atoms with Gasteiger partial charge in [-0.05, 0) is 31.2 Å². The number of hydrogen-bond acceptors (Lipinski definition) is 4. The third-order valence-electron chi connectivity index (χ3n) is 3.63. The van der Waals surface area contributed by atoms with Gasteiger partial charge in [-0.15, -0.1) is 0 Å². The molecule has 0 bridgehead atoms. The molecule has 0 aliphatic carbocycles. The van der Waals surface area contributed by atoms with Gasteiger partial charge in [-0.25, -0.2) is 0 Å². The molecule has 4 nitrogen and oxygen atoms in total. The lowest BCUT2D eigenvalue weighted by Gasteiger charge is -2.35. The van der Waals surface area contributed by atoms with Crippen LogP contribution < -0.4 is 4.74 Å². The van der Waals surface area contributed by atoms with Crippen LogP contribution in [0.15, 0.2) is 28.7 Å². The van der Waals surface area contributed by atoms with Crippen LogP contribution in [0, 0.1) is 11.3 Å². The standard InChI is InChI=1S/C15H20BrN3O/c1-13(12-17)19-8-6-18(7-9-19)10-11-20-15-4-2-14(16)3-5-15/h2-5,13H,6-11H2,1H3. The average Bonchev–Trinajstić information content (AvgIpc) is 2.49. The molecule has 0 saturated carbocycles. The van der Waals surface area contributed by atoms with Crippen LogP contribution >= 0.6 is 15.9 Å². The largest absolute Gasteiger partial charge is 0.492 e. The van der Waals surface area contributed by atoms with E-state index in [0.717, 1.165) is 42.9 Å². The first-order valence-electron chi connectivity index (χ1n) is 6.93. The molecular weight excluding hydrogens is 318 g/mol. The topological polar surface area (TPSA) is 39.5 Å². The van der Waals surface area contributed by atoms with Crippen molar-refractivity contribution in [2.75, 3.05) is 39.3 Å². The molecule has 0 aromatic heterocycles. The van der Waals surface area contributed by atoms with Crippen molar-refractivity contribution in [1.29, 1.82) is 5.26 Å². The van der Waals surface area contributed by atoms with Crippen LogP contribution in [0.25, 0.3) is 0 Å². The van der Waals surface area contributed by atoms with Gasteiger partial charge in [0.25, 0.3) is 0 Å². The van der Waals surface area contributed by atoms with E-state index in [2.05, 4.69) is 31.8 Å². The maximum atomic E-state index is 8.91. The number of rotatable bonds is 5. The smallest absolute Gasteiger partial charge is 0.119 e. The summed E-state index contributed by atoms with van der Waals surface area (Å²) in [6, 6.07) is 10.2. The Morgan fingerprint density at radius 1 is 1.25 bits per heavy atom. The van der Waals surface area contributed by atoms with Gasteiger partial charge in [-0.3, -0.25) is 9.80 Å². The number of ether oxygens (including phenoxy) is 1. The summed E-state index contributed by atoms with van der Waals surface area (Å²) in [7, 11) is 0. The van der Waals surface area contributed by atoms with E-state index in [1.54, 1.807) is 0 Å². The molecule has 1 unspecified atom stereocenters. The fourth-order valence-electron chi connectivity index (χ4n) is 2.28. The SMILES string of the molecule is CC(C#N)N1CCN(CCOc2ccc(Br)cc2)CC1. The van der Waals surface area contributed by atoms with Gasteiger partial charge in [0.15, 0.2) is 0 Å². The van der Waals surface area contributed by atoms with Gasteiger partial charge in [0.2, 0.25) is 0 Å². The summed E-state index contributed by atoms with van der Waals surface area (Å²) in [5, 5.41) is 8.91. The molecular formula is C15H20BrN3O. The maximum Gasteiger partial charge on any atom is 0.119 e. The van der Waals surface area contributed by atoms with Crippen LogP contribution in [0.1, 0.15) is 6.92 Å². The van der Waals surface area contributed by atoms with Gasteiger partial charge < -0.3 is 4.74 Å². The molecule has 1 saturated heterocycles. The number of benzene rings is 1. The second kappa shape index (κ2) is 7.63. The van der Waals surface area contributed by atoms with E-state index in [0.29, 0.717) is 6.61 Å². The molecule has 1 aliphatic rings. The van der Waals surface area contributed by atoms with Gasteiger partial charge in [-0.1, -0.05) is 15.9 Å². The highest BCUT2D eigenvalue weighted by Crippen LogP contribution is 2.16. The molecule has 1 fully saturated rings. The number of halogens is 1. The Bertz CT molecular complexity index is 449. The molecule has 0 spiro atoms. The summed E-state index contributed by atoms with van der Waals surface area (Å²) in [5.74, 6) is 0.907. The van der Waals surface area contributed by atoms with Gasteiger partial charge in [-0.2, -0.15) is 5.26 Å². The van der Waals surface area contributed by atoms with E-state index in [1.165, 1.54) is 0 Å². The fourth-order valence-corrected chi connectivity index (χ4v) is 2.54. The molecule has 1 atom stereocenters. The van der Waals surface area contributed by atoms with Crippen molar-refractivity contribution in [3.63, 3.8) is 0 Å². The van der Waals surface area contributed by atoms with Crippen molar-refractivity contribution in [2.45, 2.75) is 13.0 Å². The van der Waals surface area contributed by atoms with E-state index >= 15 is 0 Å². The summed E-state index contributed by atoms with van der Waals surface area (Å²) >= 11 is 3.41. The summed E-state index contributed by atoms with van der Waals surface area (Å²) in [4.78, 5) is 4.62. The second-order valence-electron chi connectivity index (χ2n) is 4.99. The Kier molecular flexibility index (Phi) is 5.84. The Labute approximate surface area is 129 Å². The first-order valence-corrected chi connectivity index (χ1v) is 7.73. The molecule has 1 aromatic rings. The van der Waals surface area contributed by atoms with Crippen molar-refractivity contribution in [2.24, 2.45) is 0 Å². The normalized spacial score (nSPS) is 18.4. The average molecular weight is 338 g/mol. The first kappa shape index (κ1) is 15.3. The number of piperazine rings is 1. The number of nitrogens with zero attached hydrogens (tertiary/aromatic N) is 3. The van der Waals surface area contributed by atoms with Crippen LogP contribution in [0.5, 0.6) is 5.75 Å². The minimum Gasteiger partial charge on any atom is -0.492 e. The number of hydrogen-bond donors (Lipinski definition) is 0. The molecule has 0 radical (unpaired) electrons. The van der Waals surface area contributed by atoms with Gasteiger partial charge >= 0.3 is 0 Å². The van der Waals surface area contributed by atoms with Crippen LogP contribution in [-0.4, -0.2) is 55.2 Å². The Balaban J connectivity index is 1.66. The van der Waals surface area contributed by atoms with Crippen molar-refractivity contribution >= 4 is 15.9 Å². The van der Waals surface area contributed by atoms with Crippen LogP contribution in [0.4, 0.5) is 0 Å². The monoisotopic (exact) mass is 337 g/mol. The third kappa shape index (κ3) is 4.48. The van der Waals surface area contributed by atoms with Gasteiger partial charge in [0.05, 0.1) is 12.1 Å². The van der Waals surface area contributed by atoms with Crippen molar-refractivity contribution < 1.29 is 4.74 Å². The molecule has 2 rings (SSSR count). The van der Waals surface area contributed by atoms with E-state index < -0.39 is 0 Å². The highest BCUT2D eigenvalue weighted by molar-refractivity contribution is 9.10. The zero-order valence-corrected chi connectivity index (χ0v) is 13.3. The molecule has 1 aromatic carbocycles. The van der Waals surface area contributed by atoms with Crippen molar-refractivity contribution in [3.05, 3.63) is 28.7 Å². The molecule has 0 N–H and O–H groups in total. The zero-order chi connectivity index (χ0) is 14.4. The van der Waals surface area contributed by atoms with Crippen LogP contribution in [0.3, 0.4) is 0 Å². The Morgan fingerprint density at radius 2 is 1.90 bits per heavy atom. The minimum absolute atomic E-state index is 0.0242. The van der Waals surface area contributed by atoms with Crippen molar-refractivity contribution in [1.82, 2.24) is 9.80 Å². The predicted octanol–water partition coefficient (Wildman–Crippen LogP) is 2.36. The highest BCUT2D eigenvalue weighted by Gasteiger charge is 2.20. The maximum absolute atomic E-state index is 8.91. The van der Waals surface area contributed by atoms with E-state index in [-0.39, 0.29) is 6.04 Å². The quantitative estimate of drug-likeness (QED) is 0.826. The lowest BCUT2D eigenvalue weighted by atomic mass is 10.2. The van der Waals surface area contributed by atoms with Crippen molar-refractivity contribution in [3.8, 4) is 11.8 Å². The highest BCUT2D eigenvalue weighted by atomic mass is 79.9. The zero-order valence-electron chi connectivity index (χ0n) is 11.8. The molecule has 0 amide bonds.